The van der Waals surface area contributed by atoms with Crippen LogP contribution in [-0.4, -0.2) is 22.5 Å². The number of halogens is 4. The summed E-state index contributed by atoms with van der Waals surface area (Å²) in [5.41, 5.74) is 1.62. The van der Waals surface area contributed by atoms with Crippen LogP contribution in [0.15, 0.2) is 0 Å². The van der Waals surface area contributed by atoms with Crippen LogP contribution in [0.4, 0.5) is 13.2 Å². The Kier molecular flexibility index (Phi) is 5.47. The molecule has 1 rings (SSSR count). The molecule has 1 aromatic heterocycles. The fraction of sp³-hybridized carbons (Fsp3) is 0.727. The van der Waals surface area contributed by atoms with E-state index in [1.807, 2.05) is 6.92 Å². The molecule has 0 radical (unpaired) electrons. The molecule has 0 saturated carbocycles. The van der Waals surface area contributed by atoms with Crippen LogP contribution in [0.1, 0.15) is 31.2 Å². The molecule has 0 saturated heterocycles. The number of nitrogens with one attached hydrogen (secondary N) is 1. The molecule has 0 fully saturated rings. The smallest absolute Gasteiger partial charge is 0.311 e. The first-order chi connectivity index (χ1) is 8.35. The normalized spacial score (nSPS) is 12.1. The second-order valence-electron chi connectivity index (χ2n) is 4.08. The van der Waals surface area contributed by atoms with E-state index in [0.717, 1.165) is 17.8 Å². The standard InChI is InChI=1S/C11H17ClF3N3/c1-3-8-10(12)9(18(2)17-8)7-16-6-4-5-11(13,14)15/h16H,3-7H2,1-2H3. The lowest BCUT2D eigenvalue weighted by Crippen LogP contribution is -2.19. The van der Waals surface area contributed by atoms with Crippen molar-refractivity contribution in [1.29, 1.82) is 0 Å². The van der Waals surface area contributed by atoms with E-state index in [9.17, 15) is 13.2 Å². The van der Waals surface area contributed by atoms with Crippen molar-refractivity contribution in [2.75, 3.05) is 6.54 Å². The summed E-state index contributed by atoms with van der Waals surface area (Å²) in [7, 11) is 1.78. The Bertz CT molecular complexity index is 388. The van der Waals surface area contributed by atoms with Crippen molar-refractivity contribution in [1.82, 2.24) is 15.1 Å². The predicted molar refractivity (Wildman–Crippen MR) is 64.6 cm³/mol. The SMILES string of the molecule is CCc1nn(C)c(CNCCCC(F)(F)F)c1Cl. The summed E-state index contributed by atoms with van der Waals surface area (Å²) in [6.45, 7) is 2.69. The number of hydrogen-bond acceptors (Lipinski definition) is 2. The summed E-state index contributed by atoms with van der Waals surface area (Å²) in [6.07, 6.45) is -4.04. The maximum absolute atomic E-state index is 11.9. The van der Waals surface area contributed by atoms with Crippen LogP contribution >= 0.6 is 11.6 Å². The van der Waals surface area contributed by atoms with Gasteiger partial charge < -0.3 is 5.32 Å². The summed E-state index contributed by atoms with van der Waals surface area (Å²) >= 11 is 6.11. The Morgan fingerprint density at radius 1 is 1.39 bits per heavy atom. The van der Waals surface area contributed by atoms with Crippen LogP contribution in [0.25, 0.3) is 0 Å². The van der Waals surface area contributed by atoms with E-state index >= 15 is 0 Å². The van der Waals surface area contributed by atoms with Crippen LogP contribution in [0.5, 0.6) is 0 Å². The summed E-state index contributed by atoms with van der Waals surface area (Å²) in [5.74, 6) is 0. The minimum Gasteiger partial charge on any atom is -0.311 e. The predicted octanol–water partition coefficient (Wildman–Crippen LogP) is 3.07. The maximum Gasteiger partial charge on any atom is 0.389 e. The zero-order chi connectivity index (χ0) is 13.8. The van der Waals surface area contributed by atoms with E-state index in [2.05, 4.69) is 10.4 Å². The molecule has 0 aliphatic rings. The summed E-state index contributed by atoms with van der Waals surface area (Å²) < 4.78 is 37.4. The monoisotopic (exact) mass is 283 g/mol. The van der Waals surface area contributed by atoms with Crippen molar-refractivity contribution < 1.29 is 13.2 Å². The third-order valence-corrected chi connectivity index (χ3v) is 3.05. The Balaban J connectivity index is 2.38. The van der Waals surface area contributed by atoms with Gasteiger partial charge in [-0.25, -0.2) is 0 Å². The van der Waals surface area contributed by atoms with E-state index < -0.39 is 12.6 Å². The van der Waals surface area contributed by atoms with Gasteiger partial charge in [-0.3, -0.25) is 4.68 Å². The van der Waals surface area contributed by atoms with Gasteiger partial charge in [0.25, 0.3) is 0 Å². The first-order valence-electron chi connectivity index (χ1n) is 5.83. The first-order valence-corrected chi connectivity index (χ1v) is 6.20. The second-order valence-corrected chi connectivity index (χ2v) is 4.46. The fourth-order valence-corrected chi connectivity index (χ4v) is 1.99. The molecule has 0 bridgehead atoms. The molecule has 0 aromatic carbocycles. The van der Waals surface area contributed by atoms with Gasteiger partial charge in [-0.15, -0.1) is 0 Å². The number of aryl methyl sites for hydroxylation is 2. The van der Waals surface area contributed by atoms with Gasteiger partial charge in [0, 0.05) is 20.0 Å². The molecular weight excluding hydrogens is 267 g/mol. The molecule has 0 aliphatic carbocycles. The third kappa shape index (κ3) is 4.49. The van der Waals surface area contributed by atoms with E-state index in [1.165, 1.54) is 0 Å². The number of nitrogens with zero attached hydrogens (tertiary/aromatic N) is 2. The average molecular weight is 284 g/mol. The van der Waals surface area contributed by atoms with Gasteiger partial charge in [-0.1, -0.05) is 18.5 Å². The molecule has 0 aliphatic heterocycles. The average Bonchev–Trinajstić information content (AvgIpc) is 2.53. The largest absolute Gasteiger partial charge is 0.389 e. The van der Waals surface area contributed by atoms with E-state index in [4.69, 9.17) is 11.6 Å². The van der Waals surface area contributed by atoms with Crippen molar-refractivity contribution in [2.45, 2.75) is 38.9 Å². The van der Waals surface area contributed by atoms with E-state index in [-0.39, 0.29) is 6.42 Å². The van der Waals surface area contributed by atoms with Crippen molar-refractivity contribution in [3.63, 3.8) is 0 Å². The molecule has 3 nitrogen and oxygen atoms in total. The summed E-state index contributed by atoms with van der Waals surface area (Å²) in [6, 6.07) is 0. The highest BCUT2D eigenvalue weighted by Crippen LogP contribution is 2.22. The van der Waals surface area contributed by atoms with Crippen LogP contribution in [0.3, 0.4) is 0 Å². The van der Waals surface area contributed by atoms with Crippen LogP contribution in [-0.2, 0) is 20.0 Å². The summed E-state index contributed by atoms with van der Waals surface area (Å²) in [4.78, 5) is 0. The minimum atomic E-state index is -4.08. The molecule has 18 heavy (non-hydrogen) atoms. The fourth-order valence-electron chi connectivity index (χ4n) is 1.63. The highest BCUT2D eigenvalue weighted by atomic mass is 35.5. The molecule has 1 heterocycles. The molecule has 1 N–H and O–H groups in total. The molecule has 7 heteroatoms. The quantitative estimate of drug-likeness (QED) is 0.813. The van der Waals surface area contributed by atoms with E-state index in [0.29, 0.717) is 18.1 Å². The number of rotatable bonds is 6. The molecule has 0 atom stereocenters. The Morgan fingerprint density at radius 3 is 2.56 bits per heavy atom. The lowest BCUT2D eigenvalue weighted by Gasteiger charge is -2.07. The highest BCUT2D eigenvalue weighted by molar-refractivity contribution is 6.31. The number of alkyl halides is 3. The molecule has 0 unspecified atom stereocenters. The Morgan fingerprint density at radius 2 is 2.06 bits per heavy atom. The van der Waals surface area contributed by atoms with Crippen molar-refractivity contribution in [3.05, 3.63) is 16.4 Å². The Hall–Kier alpha value is -0.750. The first kappa shape index (κ1) is 15.3. The minimum absolute atomic E-state index is 0.0691. The van der Waals surface area contributed by atoms with Gasteiger partial charge in [0.2, 0.25) is 0 Å². The van der Waals surface area contributed by atoms with Crippen LogP contribution in [0.2, 0.25) is 5.02 Å². The third-order valence-electron chi connectivity index (χ3n) is 2.61. The van der Waals surface area contributed by atoms with Gasteiger partial charge >= 0.3 is 6.18 Å². The van der Waals surface area contributed by atoms with Crippen molar-refractivity contribution in [3.8, 4) is 0 Å². The molecule has 0 spiro atoms. The van der Waals surface area contributed by atoms with Gasteiger partial charge in [0.05, 0.1) is 16.4 Å². The highest BCUT2D eigenvalue weighted by Gasteiger charge is 2.25. The van der Waals surface area contributed by atoms with Gasteiger partial charge in [0.1, 0.15) is 0 Å². The number of aromatic nitrogens is 2. The van der Waals surface area contributed by atoms with Crippen LogP contribution in [0, 0.1) is 0 Å². The zero-order valence-corrected chi connectivity index (χ0v) is 11.2. The van der Waals surface area contributed by atoms with E-state index in [1.54, 1.807) is 11.7 Å². The molecule has 0 amide bonds. The molecule has 1 aromatic rings. The zero-order valence-electron chi connectivity index (χ0n) is 10.4. The van der Waals surface area contributed by atoms with Crippen molar-refractivity contribution >= 4 is 11.6 Å². The number of hydrogen-bond donors (Lipinski definition) is 1. The second kappa shape index (κ2) is 6.43. The maximum atomic E-state index is 11.9. The Labute approximate surface area is 109 Å². The van der Waals surface area contributed by atoms with Gasteiger partial charge in [-0.05, 0) is 19.4 Å². The lowest BCUT2D eigenvalue weighted by molar-refractivity contribution is -0.135. The topological polar surface area (TPSA) is 29.9 Å². The summed E-state index contributed by atoms with van der Waals surface area (Å²) in [5, 5.41) is 7.78. The molecule has 104 valence electrons. The lowest BCUT2D eigenvalue weighted by atomic mass is 10.3. The van der Waals surface area contributed by atoms with Gasteiger partial charge in [0.15, 0.2) is 0 Å². The van der Waals surface area contributed by atoms with Crippen molar-refractivity contribution in [2.24, 2.45) is 7.05 Å². The van der Waals surface area contributed by atoms with Crippen LogP contribution < -0.4 is 5.32 Å². The van der Waals surface area contributed by atoms with Gasteiger partial charge in [-0.2, -0.15) is 18.3 Å². The molecular formula is C11H17ClF3N3.